The molecule has 0 rings (SSSR count). The van der Waals surface area contributed by atoms with Gasteiger partial charge in [0.15, 0.2) is 58.9 Å². The van der Waals surface area contributed by atoms with Crippen LogP contribution in [0.5, 0.6) is 0 Å². The Morgan fingerprint density at radius 3 is 1.08 bits per heavy atom. The molecule has 0 saturated heterocycles. The third-order valence-electron chi connectivity index (χ3n) is 6.00. The summed E-state index contributed by atoms with van der Waals surface area (Å²) in [7, 11) is -19.8. The normalized spacial score (nSPS) is 13.3. The number of hydrogen-bond donors (Lipinski definition) is 2. The molecule has 2 atom stereocenters. The Bertz CT molecular complexity index is 1340. The largest absolute Gasteiger partial charge is 0.522 e. The molecule has 0 radical (unpaired) electrons. The summed E-state index contributed by atoms with van der Waals surface area (Å²) >= 11 is 0. The van der Waals surface area contributed by atoms with Crippen molar-refractivity contribution in [2.75, 3.05) is 40.6 Å². The number of halogens is 3. The first-order chi connectivity index (χ1) is 29.5. The van der Waals surface area contributed by atoms with Crippen LogP contribution in [0.2, 0.25) is 176 Å². The number of rotatable bonds is 22. The summed E-state index contributed by atoms with van der Waals surface area (Å²) in [5.41, 5.74) is -5.53. The van der Waals surface area contributed by atoms with Gasteiger partial charge in [-0.3, -0.25) is 4.55 Å². The predicted molar refractivity (Wildman–Crippen MR) is 338 cm³/mol. The molecule has 73 heavy (non-hydrogen) atoms. The molecule has 0 bridgehead atoms. The van der Waals surface area contributed by atoms with Crippen LogP contribution in [0.3, 0.4) is 0 Å². The van der Waals surface area contributed by atoms with Crippen LogP contribution in [0, 0.1) is 0 Å². The second-order valence-electron chi connectivity index (χ2n) is 22.5. The summed E-state index contributed by atoms with van der Waals surface area (Å²) in [6.07, 6.45) is 2.74. The van der Waals surface area contributed by atoms with Crippen molar-refractivity contribution in [3.63, 3.8) is 0 Å². The van der Waals surface area contributed by atoms with Gasteiger partial charge in [0, 0.05) is 55.1 Å². The number of hydrogen-bond acceptors (Lipinski definition) is 13. The minimum atomic E-state index is -5.84. The Morgan fingerprint density at radius 2 is 0.877 bits per heavy atom. The standard InChI is InChI=1S/C14H38O4Si4.C9H28O3Si4.C5H10O.C4H12OSi.2C3H10OSi.CHF3O3S.4CH4.Pt/c1-11-15-13-12-14-22(10,17-20(5,6)7)18-21(8,9)16-19(2,3)4;1-13(10-14(2,3)4)11-16(8,9)12-15(5,6)7;1-3-5-6-4-2;1-5-6(2,3)4;1-5(2,3)4;1-4-5(2)3;2-1(3,4)8(5,6)7;;;;;/h11-14H2,1-10H3;13H,1-9H3;3H,1,4-5H2,2H3;1-4H3;4H,1-3H3;5H,1-3H3;(H,5,6,7);4*1H4;. The predicted octanol–water partition coefficient (Wildman–Crippen LogP) is 15.2. The van der Waals surface area contributed by atoms with Crippen molar-refractivity contribution >= 4 is 104 Å². The SMILES string of the molecule is C.C.C.C.C=CCOCC.CCOCCC[Si](C)(O[Si](C)(C)C)O[Si](C)(C)O[Si](C)(C)C.CO[SiH](C)C.CO[Si](C)(C)C.C[SiH](O[Si](C)(C)C)O[Si](C)(C)O[Si](C)(C)C.C[Si](C)(C)O.O=S(=O)(O)C(F)(F)F.[Pt]. The molecule has 0 spiro atoms. The summed E-state index contributed by atoms with van der Waals surface area (Å²) in [6.45, 7) is 66.4. The van der Waals surface area contributed by atoms with E-state index in [9.17, 15) is 13.2 Å². The van der Waals surface area contributed by atoms with Crippen molar-refractivity contribution < 1.29 is 95.0 Å². The van der Waals surface area contributed by atoms with Gasteiger partial charge in [0.05, 0.1) is 6.61 Å². The summed E-state index contributed by atoms with van der Waals surface area (Å²) < 4.78 is 116. The average molecular weight is 1460 g/mol. The van der Waals surface area contributed by atoms with Crippen LogP contribution in [0.4, 0.5) is 13.2 Å². The average Bonchev–Trinajstić information content (AvgIpc) is 3.00. The van der Waals surface area contributed by atoms with Crippen LogP contribution in [0.25, 0.3) is 0 Å². The van der Waals surface area contributed by atoms with Gasteiger partial charge in [-0.05, 0) is 197 Å². The topological polar surface area (TPSA) is 167 Å². The Labute approximate surface area is 480 Å². The van der Waals surface area contributed by atoms with Crippen LogP contribution >= 0.6 is 0 Å². The molecule has 462 valence electrons. The molecule has 14 nitrogen and oxygen atoms in total. The Balaban J connectivity index is -0.0000000640. The van der Waals surface area contributed by atoms with Gasteiger partial charge in [0.25, 0.3) is 9.28 Å². The molecular weight excluding hydrogens is 1330 g/mol. The monoisotopic (exact) mass is 1460 g/mol. The van der Waals surface area contributed by atoms with E-state index in [1.165, 1.54) is 0 Å². The molecule has 0 aromatic carbocycles. The molecule has 0 amide bonds. The van der Waals surface area contributed by atoms with Crippen LogP contribution in [-0.4, -0.2) is 158 Å². The summed E-state index contributed by atoms with van der Waals surface area (Å²) in [4.78, 5) is 8.66. The van der Waals surface area contributed by atoms with Gasteiger partial charge in [-0.1, -0.05) is 35.8 Å². The number of alkyl halides is 3. The van der Waals surface area contributed by atoms with Crippen molar-refractivity contribution in [1.82, 2.24) is 0 Å². The van der Waals surface area contributed by atoms with Crippen LogP contribution in [0.1, 0.15) is 50.0 Å². The van der Waals surface area contributed by atoms with Gasteiger partial charge in [-0.15, -0.1) is 6.58 Å². The molecule has 0 fully saturated rings. The maximum absolute atomic E-state index is 10.7. The summed E-state index contributed by atoms with van der Waals surface area (Å²) in [5, 5.41) is 0. The van der Waals surface area contributed by atoms with Crippen LogP contribution in [0.15, 0.2) is 12.7 Å². The second kappa shape index (κ2) is 47.7. The zero-order valence-electron chi connectivity index (χ0n) is 49.3. The van der Waals surface area contributed by atoms with E-state index >= 15 is 0 Å². The smallest absolute Gasteiger partial charge is 0.439 e. The van der Waals surface area contributed by atoms with Crippen molar-refractivity contribution in [2.24, 2.45) is 0 Å². The number of ether oxygens (including phenoxy) is 2. The van der Waals surface area contributed by atoms with E-state index < -0.39 is 110 Å². The van der Waals surface area contributed by atoms with Crippen LogP contribution < -0.4 is 0 Å². The zero-order chi connectivity index (χ0) is 56.7. The fourth-order valence-electron chi connectivity index (χ4n) is 4.57. The van der Waals surface area contributed by atoms with E-state index in [-0.39, 0.29) is 50.8 Å². The van der Waals surface area contributed by atoms with Gasteiger partial charge in [-0.2, -0.15) is 21.6 Å². The fraction of sp³-hybridized carbons (Fsp3) is 0.953. The first-order valence-electron chi connectivity index (χ1n) is 23.3. The minimum absolute atomic E-state index is 0. The second-order valence-corrected chi connectivity index (χ2v) is 67.0. The minimum Gasteiger partial charge on any atom is -0.439 e. The Hall–Kier alpha value is 2.07. The molecule has 0 aromatic heterocycles. The zero-order valence-corrected chi connectivity index (χ0v) is 63.7. The molecule has 30 heteroatoms. The van der Waals surface area contributed by atoms with Crippen molar-refractivity contribution in [3.8, 4) is 0 Å². The van der Waals surface area contributed by atoms with E-state index in [0.29, 0.717) is 6.61 Å². The molecule has 2 unspecified atom stereocenters. The third-order valence-corrected chi connectivity index (χ3v) is 34.5. The molecule has 0 aliphatic carbocycles. The van der Waals surface area contributed by atoms with Gasteiger partial charge < -0.3 is 47.8 Å². The maximum atomic E-state index is 10.7. The molecule has 0 heterocycles. The van der Waals surface area contributed by atoms with Gasteiger partial charge in [0.2, 0.25) is 0 Å². The summed E-state index contributed by atoms with van der Waals surface area (Å²) in [5.74, 6) is 0. The first kappa shape index (κ1) is 104. The van der Waals surface area contributed by atoms with Crippen LogP contribution in [-0.2, 0) is 74.2 Å². The van der Waals surface area contributed by atoms with Gasteiger partial charge >= 0.3 is 41.3 Å². The molecule has 0 saturated carbocycles. The first-order valence-corrected chi connectivity index (χ1v) is 58.2. The maximum Gasteiger partial charge on any atom is 0.522 e. The van der Waals surface area contributed by atoms with E-state index in [1.54, 1.807) is 20.3 Å². The van der Waals surface area contributed by atoms with Crippen molar-refractivity contribution in [3.05, 3.63) is 12.7 Å². The molecule has 0 aliphatic rings. The third kappa shape index (κ3) is 107. The van der Waals surface area contributed by atoms with Crippen molar-refractivity contribution in [2.45, 2.75) is 232 Å². The molecule has 0 aromatic rings. The summed E-state index contributed by atoms with van der Waals surface area (Å²) in [6, 6.07) is 0.975. The van der Waals surface area contributed by atoms with E-state index in [2.05, 4.69) is 157 Å². The van der Waals surface area contributed by atoms with Crippen molar-refractivity contribution in [1.29, 1.82) is 0 Å². The van der Waals surface area contributed by atoms with Gasteiger partial charge in [0.1, 0.15) is 0 Å². The Kier molecular flexibility index (Phi) is 67.6. The fourth-order valence-corrected chi connectivity index (χ4v) is 36.8. The Morgan fingerprint density at radius 1 is 0.575 bits per heavy atom. The molecular formula is C43H125F3O14PtSSi11. The molecule has 2 N–H and O–H groups in total. The van der Waals surface area contributed by atoms with E-state index in [1.807, 2.05) is 33.5 Å². The quantitative estimate of drug-likeness (QED) is 0.0345. The van der Waals surface area contributed by atoms with Gasteiger partial charge in [-0.25, -0.2) is 0 Å². The van der Waals surface area contributed by atoms with E-state index in [0.717, 1.165) is 32.3 Å². The molecule has 0 aliphatic heterocycles. The van der Waals surface area contributed by atoms with E-state index in [4.69, 9.17) is 60.8 Å².